The monoisotopic (exact) mass is 353 g/mol. The summed E-state index contributed by atoms with van der Waals surface area (Å²) in [6, 6.07) is 2.99. The summed E-state index contributed by atoms with van der Waals surface area (Å²) in [4.78, 5) is 24.1. The lowest BCUT2D eigenvalue weighted by Crippen LogP contribution is -2.30. The first-order valence-electron chi connectivity index (χ1n) is 7.79. The standard InChI is InChI=1S/C17H21F2N3O3/c1-3-8-22-16(21)15(12(20)4-2)17(24)25-9-13(23)14-10(18)6-5-7-11(14)19/h5-7,20,22H,3-4,8-9,21H2,1-2H3/b16-15+,20-12?. The molecule has 1 rings (SSSR count). The Morgan fingerprint density at radius 2 is 1.84 bits per heavy atom. The lowest BCUT2D eigenvalue weighted by atomic mass is 10.1. The number of hydrogen-bond acceptors (Lipinski definition) is 6. The van der Waals surface area contributed by atoms with Crippen LogP contribution in [0.25, 0.3) is 0 Å². The molecular formula is C17H21F2N3O3. The summed E-state index contributed by atoms with van der Waals surface area (Å²) in [6.07, 6.45) is 0.961. The number of carbonyl (C=O) groups is 2. The molecule has 0 fully saturated rings. The molecular weight excluding hydrogens is 332 g/mol. The van der Waals surface area contributed by atoms with Gasteiger partial charge in [0.1, 0.15) is 23.0 Å². The highest BCUT2D eigenvalue weighted by atomic mass is 19.1. The first-order chi connectivity index (χ1) is 11.8. The lowest BCUT2D eigenvalue weighted by molar-refractivity contribution is -0.137. The summed E-state index contributed by atoms with van der Waals surface area (Å²) >= 11 is 0. The van der Waals surface area contributed by atoms with Gasteiger partial charge in [0.05, 0.1) is 5.56 Å². The molecule has 0 unspecified atom stereocenters. The Bertz CT molecular complexity index is 682. The van der Waals surface area contributed by atoms with Gasteiger partial charge in [-0.25, -0.2) is 13.6 Å². The van der Waals surface area contributed by atoms with E-state index >= 15 is 0 Å². The average molecular weight is 353 g/mol. The van der Waals surface area contributed by atoms with Crippen LogP contribution in [-0.4, -0.2) is 30.6 Å². The third-order valence-corrected chi connectivity index (χ3v) is 3.27. The van der Waals surface area contributed by atoms with Crippen LogP contribution in [0.4, 0.5) is 8.78 Å². The van der Waals surface area contributed by atoms with E-state index in [1.54, 1.807) is 6.92 Å². The van der Waals surface area contributed by atoms with E-state index in [1.807, 2.05) is 6.92 Å². The van der Waals surface area contributed by atoms with E-state index in [9.17, 15) is 18.4 Å². The highest BCUT2D eigenvalue weighted by Crippen LogP contribution is 2.14. The van der Waals surface area contributed by atoms with Crippen molar-refractivity contribution in [1.29, 1.82) is 5.41 Å². The molecule has 0 atom stereocenters. The predicted octanol–water partition coefficient (Wildman–Crippen LogP) is 2.29. The number of ether oxygens (including phenoxy) is 1. The van der Waals surface area contributed by atoms with Crippen molar-refractivity contribution in [2.75, 3.05) is 13.2 Å². The predicted molar refractivity (Wildman–Crippen MR) is 89.2 cm³/mol. The van der Waals surface area contributed by atoms with Gasteiger partial charge in [0.25, 0.3) is 0 Å². The second-order valence-corrected chi connectivity index (χ2v) is 5.14. The van der Waals surface area contributed by atoms with Gasteiger partial charge in [0.2, 0.25) is 5.78 Å². The minimum Gasteiger partial charge on any atom is -0.454 e. The molecule has 0 aromatic heterocycles. The molecule has 0 radical (unpaired) electrons. The summed E-state index contributed by atoms with van der Waals surface area (Å²) in [5.74, 6) is -4.14. The fraction of sp³-hybridized carbons (Fsp3) is 0.353. The van der Waals surface area contributed by atoms with Gasteiger partial charge >= 0.3 is 5.97 Å². The molecule has 8 heteroatoms. The average Bonchev–Trinajstić information content (AvgIpc) is 2.57. The van der Waals surface area contributed by atoms with Crippen molar-refractivity contribution >= 4 is 17.5 Å². The summed E-state index contributed by atoms with van der Waals surface area (Å²) in [5, 5.41) is 10.6. The fourth-order valence-corrected chi connectivity index (χ4v) is 1.96. The molecule has 0 saturated heterocycles. The van der Waals surface area contributed by atoms with Gasteiger partial charge in [0, 0.05) is 12.3 Å². The zero-order valence-electron chi connectivity index (χ0n) is 14.1. The topological polar surface area (TPSA) is 105 Å². The molecule has 25 heavy (non-hydrogen) atoms. The van der Waals surface area contributed by atoms with E-state index in [2.05, 4.69) is 5.32 Å². The van der Waals surface area contributed by atoms with Crippen LogP contribution in [0.2, 0.25) is 0 Å². The van der Waals surface area contributed by atoms with E-state index < -0.39 is 35.6 Å². The molecule has 6 nitrogen and oxygen atoms in total. The van der Waals surface area contributed by atoms with Gasteiger partial charge in [-0.3, -0.25) is 4.79 Å². The Morgan fingerprint density at radius 3 is 2.36 bits per heavy atom. The lowest BCUT2D eigenvalue weighted by Gasteiger charge is -2.13. The molecule has 1 aromatic carbocycles. The van der Waals surface area contributed by atoms with Crippen molar-refractivity contribution in [3.8, 4) is 0 Å². The Balaban J connectivity index is 2.91. The van der Waals surface area contributed by atoms with Crippen LogP contribution in [-0.2, 0) is 9.53 Å². The van der Waals surface area contributed by atoms with E-state index in [0.29, 0.717) is 6.54 Å². The maximum Gasteiger partial charge on any atom is 0.344 e. The summed E-state index contributed by atoms with van der Waals surface area (Å²) < 4.78 is 31.9. The van der Waals surface area contributed by atoms with Crippen molar-refractivity contribution in [3.05, 3.63) is 46.8 Å². The number of rotatable bonds is 9. The van der Waals surface area contributed by atoms with E-state index in [0.717, 1.165) is 24.6 Å². The Hall–Kier alpha value is -2.77. The Labute approximate surface area is 144 Å². The quantitative estimate of drug-likeness (QED) is 0.273. The van der Waals surface area contributed by atoms with Crippen molar-refractivity contribution < 1.29 is 23.1 Å². The van der Waals surface area contributed by atoms with E-state index in [-0.39, 0.29) is 23.5 Å². The van der Waals surface area contributed by atoms with Crippen LogP contribution in [0.3, 0.4) is 0 Å². The van der Waals surface area contributed by atoms with Gasteiger partial charge in [-0.2, -0.15) is 0 Å². The molecule has 1 aromatic rings. The molecule has 0 amide bonds. The highest BCUT2D eigenvalue weighted by molar-refractivity contribution is 6.19. The molecule has 0 heterocycles. The number of nitrogens with one attached hydrogen (secondary N) is 2. The molecule has 0 bridgehead atoms. The number of esters is 1. The minimum atomic E-state index is -1.04. The highest BCUT2D eigenvalue weighted by Gasteiger charge is 2.23. The van der Waals surface area contributed by atoms with E-state index in [1.165, 1.54) is 0 Å². The molecule has 0 aliphatic carbocycles. The number of hydrogen-bond donors (Lipinski definition) is 3. The molecule has 0 saturated carbocycles. The number of benzene rings is 1. The van der Waals surface area contributed by atoms with Crippen LogP contribution in [0, 0.1) is 17.0 Å². The molecule has 4 N–H and O–H groups in total. The Kier molecular flexibility index (Phi) is 7.71. The minimum absolute atomic E-state index is 0.0387. The Morgan fingerprint density at radius 1 is 1.24 bits per heavy atom. The largest absolute Gasteiger partial charge is 0.454 e. The third-order valence-electron chi connectivity index (χ3n) is 3.27. The van der Waals surface area contributed by atoms with Crippen molar-refractivity contribution in [3.63, 3.8) is 0 Å². The van der Waals surface area contributed by atoms with Crippen LogP contribution in [0.15, 0.2) is 29.6 Å². The maximum absolute atomic E-state index is 13.6. The number of Topliss-reactive ketones (excluding diaryl/α,β-unsaturated/α-hetero) is 1. The summed E-state index contributed by atoms with van der Waals surface area (Å²) in [5.41, 5.74) is 4.72. The van der Waals surface area contributed by atoms with Crippen LogP contribution < -0.4 is 11.1 Å². The van der Waals surface area contributed by atoms with Gasteiger partial charge in [-0.1, -0.05) is 19.9 Å². The molecule has 0 aliphatic rings. The van der Waals surface area contributed by atoms with Crippen LogP contribution in [0.1, 0.15) is 37.0 Å². The fourth-order valence-electron chi connectivity index (χ4n) is 1.96. The number of ketones is 1. The second kappa shape index (κ2) is 9.51. The van der Waals surface area contributed by atoms with Gasteiger partial charge in [-0.05, 0) is 25.0 Å². The number of nitrogens with two attached hydrogens (primary N) is 1. The van der Waals surface area contributed by atoms with Crippen molar-refractivity contribution in [2.45, 2.75) is 26.7 Å². The van der Waals surface area contributed by atoms with Crippen LogP contribution >= 0.6 is 0 Å². The molecule has 0 aliphatic heterocycles. The zero-order chi connectivity index (χ0) is 19.0. The van der Waals surface area contributed by atoms with Crippen molar-refractivity contribution in [1.82, 2.24) is 5.32 Å². The van der Waals surface area contributed by atoms with Gasteiger partial charge < -0.3 is 21.2 Å². The number of halogens is 2. The third kappa shape index (κ3) is 5.37. The first-order valence-corrected chi connectivity index (χ1v) is 7.79. The molecule has 0 spiro atoms. The zero-order valence-corrected chi connectivity index (χ0v) is 14.1. The van der Waals surface area contributed by atoms with Gasteiger partial charge in [0.15, 0.2) is 6.61 Å². The number of carbonyl (C=O) groups excluding carboxylic acids is 2. The van der Waals surface area contributed by atoms with E-state index in [4.69, 9.17) is 15.9 Å². The second-order valence-electron chi connectivity index (χ2n) is 5.14. The summed E-state index contributed by atoms with van der Waals surface area (Å²) in [7, 11) is 0. The summed E-state index contributed by atoms with van der Waals surface area (Å²) in [6.45, 7) is 3.17. The first kappa shape index (κ1) is 20.3. The normalized spacial score (nSPS) is 11.5. The van der Waals surface area contributed by atoms with Gasteiger partial charge in [-0.15, -0.1) is 0 Å². The van der Waals surface area contributed by atoms with Crippen LogP contribution in [0.5, 0.6) is 0 Å². The maximum atomic E-state index is 13.6. The smallest absolute Gasteiger partial charge is 0.344 e. The SMILES string of the molecule is CCCN/C(N)=C(\C(=N)CC)C(=O)OCC(=O)c1c(F)cccc1F. The van der Waals surface area contributed by atoms with Crippen molar-refractivity contribution in [2.24, 2.45) is 5.73 Å². The molecule has 136 valence electrons.